The summed E-state index contributed by atoms with van der Waals surface area (Å²) in [6, 6.07) is 8.07. The van der Waals surface area contributed by atoms with E-state index in [0.29, 0.717) is 12.8 Å². The number of carbonyl (C=O) groups is 2. The molecule has 2 aromatic heterocycles. The molecule has 2 heterocycles. The summed E-state index contributed by atoms with van der Waals surface area (Å²) in [4.78, 5) is 28.3. The van der Waals surface area contributed by atoms with Gasteiger partial charge in [-0.1, -0.05) is 6.42 Å². The fraction of sp³-hybridized carbons (Fsp3) is 0.429. The zero-order valence-electron chi connectivity index (χ0n) is 17.4. The van der Waals surface area contributed by atoms with E-state index in [-0.39, 0.29) is 11.8 Å². The minimum atomic E-state index is -0.103. The molecule has 6 nitrogen and oxygen atoms in total. The maximum Gasteiger partial charge on any atom is 0.240 e. The van der Waals surface area contributed by atoms with Gasteiger partial charge in [-0.15, -0.1) is 22.7 Å². The Hall–Kier alpha value is -2.32. The van der Waals surface area contributed by atoms with Crippen LogP contribution in [0.2, 0.25) is 0 Å². The van der Waals surface area contributed by atoms with Crippen LogP contribution in [-0.4, -0.2) is 23.2 Å². The average Bonchev–Trinajstić information content (AvgIpc) is 3.32. The van der Waals surface area contributed by atoms with Gasteiger partial charge in [0.05, 0.1) is 21.2 Å². The Morgan fingerprint density at radius 2 is 1.17 bits per heavy atom. The maximum absolute atomic E-state index is 11.9. The summed E-state index contributed by atoms with van der Waals surface area (Å²) < 4.78 is 0. The maximum atomic E-state index is 11.9. The Labute approximate surface area is 180 Å². The third-order valence-electron chi connectivity index (χ3n) is 4.20. The first-order chi connectivity index (χ1) is 13.8. The van der Waals surface area contributed by atoms with Crippen LogP contribution in [0.1, 0.15) is 65.5 Å². The summed E-state index contributed by atoms with van der Waals surface area (Å²) in [7, 11) is 0. The minimum Gasteiger partial charge on any atom is -0.273 e. The van der Waals surface area contributed by atoms with Crippen LogP contribution in [0.15, 0.2) is 34.5 Å². The first-order valence-electron chi connectivity index (χ1n) is 9.65. The fourth-order valence-electron chi connectivity index (χ4n) is 2.52. The van der Waals surface area contributed by atoms with Gasteiger partial charge in [0.1, 0.15) is 0 Å². The highest BCUT2D eigenvalue weighted by molar-refractivity contribution is 7.14. The summed E-state index contributed by atoms with van der Waals surface area (Å²) >= 11 is 3.30. The van der Waals surface area contributed by atoms with Crippen molar-refractivity contribution in [1.82, 2.24) is 10.9 Å². The number of hydrogen-bond acceptors (Lipinski definition) is 6. The molecule has 0 saturated carbocycles. The predicted molar refractivity (Wildman–Crippen MR) is 122 cm³/mol. The highest BCUT2D eigenvalue weighted by atomic mass is 32.1. The zero-order chi connectivity index (χ0) is 21.2. The predicted octanol–water partition coefficient (Wildman–Crippen LogP) is 4.76. The van der Waals surface area contributed by atoms with Gasteiger partial charge in [-0.3, -0.25) is 9.59 Å². The van der Waals surface area contributed by atoms with Crippen LogP contribution < -0.4 is 10.9 Å². The van der Waals surface area contributed by atoms with Gasteiger partial charge in [0.15, 0.2) is 0 Å². The van der Waals surface area contributed by atoms with Crippen LogP contribution in [0.4, 0.5) is 0 Å². The first kappa shape index (κ1) is 23.0. The van der Waals surface area contributed by atoms with Gasteiger partial charge in [0, 0.05) is 22.6 Å². The number of aryl methyl sites for hydroxylation is 2. The standard InChI is InChI=1S/C21H28N4O2S2/c1-14-10-12-18(28-14)16(3)22-24-20(26)8-6-5-7-9-21(27)25-23-17(4)19-13-11-15(2)29-19/h10-13H,5-9H2,1-4H3,(H,24,26)(H,25,27). The number of amides is 2. The molecular weight excluding hydrogens is 404 g/mol. The van der Waals surface area contributed by atoms with E-state index >= 15 is 0 Å². The molecule has 0 aliphatic rings. The summed E-state index contributed by atoms with van der Waals surface area (Å²) in [5.41, 5.74) is 6.81. The molecule has 29 heavy (non-hydrogen) atoms. The van der Waals surface area contributed by atoms with Crippen LogP contribution in [0.5, 0.6) is 0 Å². The quantitative estimate of drug-likeness (QED) is 0.322. The van der Waals surface area contributed by atoms with E-state index in [9.17, 15) is 9.59 Å². The number of hydrogen-bond donors (Lipinski definition) is 2. The van der Waals surface area contributed by atoms with Crippen molar-refractivity contribution in [3.05, 3.63) is 43.8 Å². The second-order valence-electron chi connectivity index (χ2n) is 6.85. The van der Waals surface area contributed by atoms with Crippen molar-refractivity contribution in [2.75, 3.05) is 0 Å². The van der Waals surface area contributed by atoms with Gasteiger partial charge in [-0.25, -0.2) is 10.9 Å². The topological polar surface area (TPSA) is 82.9 Å². The SMILES string of the molecule is CC(=NNC(=O)CCCCCC(=O)NN=C(C)c1ccc(C)s1)c1ccc(C)s1. The van der Waals surface area contributed by atoms with Gasteiger partial charge in [0.25, 0.3) is 0 Å². The minimum absolute atomic E-state index is 0.103. The van der Waals surface area contributed by atoms with Gasteiger partial charge in [0.2, 0.25) is 11.8 Å². The number of rotatable bonds is 10. The Morgan fingerprint density at radius 3 is 1.52 bits per heavy atom. The number of nitrogens with zero attached hydrogens (tertiary/aromatic N) is 2. The number of carbonyl (C=O) groups excluding carboxylic acids is 2. The second-order valence-corrected chi connectivity index (χ2v) is 9.42. The average molecular weight is 433 g/mol. The Kier molecular flexibility index (Phi) is 9.21. The lowest BCUT2D eigenvalue weighted by Crippen LogP contribution is -2.19. The lowest BCUT2D eigenvalue weighted by atomic mass is 10.1. The molecule has 0 radical (unpaired) electrons. The van der Waals surface area contributed by atoms with Crippen molar-refractivity contribution in [3.8, 4) is 0 Å². The van der Waals surface area contributed by atoms with Gasteiger partial charge in [-0.2, -0.15) is 10.2 Å². The number of unbranched alkanes of at least 4 members (excludes halogenated alkanes) is 2. The molecule has 0 fully saturated rings. The van der Waals surface area contributed by atoms with E-state index in [1.807, 2.05) is 52.0 Å². The molecule has 0 aliphatic heterocycles. The molecule has 8 heteroatoms. The van der Waals surface area contributed by atoms with E-state index in [1.54, 1.807) is 22.7 Å². The molecule has 2 N–H and O–H groups in total. The molecular formula is C21H28N4O2S2. The largest absolute Gasteiger partial charge is 0.273 e. The molecule has 0 aliphatic carbocycles. The number of hydrazone groups is 2. The lowest BCUT2D eigenvalue weighted by Gasteiger charge is -2.03. The van der Waals surface area contributed by atoms with Crippen molar-refractivity contribution in [2.45, 2.75) is 59.8 Å². The van der Waals surface area contributed by atoms with E-state index in [4.69, 9.17) is 0 Å². The van der Waals surface area contributed by atoms with E-state index in [2.05, 4.69) is 21.1 Å². The Balaban J connectivity index is 1.59. The number of thiophene rings is 2. The lowest BCUT2D eigenvalue weighted by molar-refractivity contribution is -0.121. The molecule has 0 atom stereocenters. The van der Waals surface area contributed by atoms with Gasteiger partial charge >= 0.3 is 0 Å². The molecule has 2 amide bonds. The van der Waals surface area contributed by atoms with Gasteiger partial charge < -0.3 is 0 Å². The third-order valence-corrected chi connectivity index (χ3v) is 6.42. The summed E-state index contributed by atoms with van der Waals surface area (Å²) in [5.74, 6) is -0.206. The third kappa shape index (κ3) is 8.29. The highest BCUT2D eigenvalue weighted by Gasteiger charge is 2.05. The van der Waals surface area contributed by atoms with Crippen LogP contribution in [-0.2, 0) is 9.59 Å². The second kappa shape index (κ2) is 11.6. The van der Waals surface area contributed by atoms with Crippen molar-refractivity contribution < 1.29 is 9.59 Å². The summed E-state index contributed by atoms with van der Waals surface area (Å²) in [6.07, 6.45) is 3.05. The first-order valence-corrected chi connectivity index (χ1v) is 11.3. The van der Waals surface area contributed by atoms with Crippen LogP contribution in [0, 0.1) is 13.8 Å². The molecule has 2 rings (SSSR count). The summed E-state index contributed by atoms with van der Waals surface area (Å²) in [6.45, 7) is 7.85. The molecule has 2 aromatic rings. The van der Waals surface area contributed by atoms with E-state index in [1.165, 1.54) is 9.75 Å². The molecule has 0 spiro atoms. The molecule has 0 unspecified atom stereocenters. The van der Waals surface area contributed by atoms with Crippen molar-refractivity contribution in [2.24, 2.45) is 10.2 Å². The molecule has 0 bridgehead atoms. The highest BCUT2D eigenvalue weighted by Crippen LogP contribution is 2.16. The van der Waals surface area contributed by atoms with Gasteiger partial charge in [-0.05, 0) is 64.8 Å². The van der Waals surface area contributed by atoms with E-state index in [0.717, 1.165) is 40.4 Å². The van der Waals surface area contributed by atoms with Crippen LogP contribution >= 0.6 is 22.7 Å². The molecule has 0 aromatic carbocycles. The Morgan fingerprint density at radius 1 is 0.759 bits per heavy atom. The summed E-state index contributed by atoms with van der Waals surface area (Å²) in [5, 5.41) is 8.30. The van der Waals surface area contributed by atoms with Crippen LogP contribution in [0.25, 0.3) is 0 Å². The zero-order valence-corrected chi connectivity index (χ0v) is 19.0. The van der Waals surface area contributed by atoms with E-state index < -0.39 is 0 Å². The fourth-order valence-corrected chi connectivity index (χ4v) is 4.15. The smallest absolute Gasteiger partial charge is 0.240 e. The Bertz CT molecular complexity index is 824. The number of nitrogens with one attached hydrogen (secondary N) is 2. The van der Waals surface area contributed by atoms with Crippen LogP contribution in [0.3, 0.4) is 0 Å². The monoisotopic (exact) mass is 432 g/mol. The van der Waals surface area contributed by atoms with Crippen molar-refractivity contribution >= 4 is 45.9 Å². The molecule has 0 saturated heterocycles. The molecule has 156 valence electrons. The van der Waals surface area contributed by atoms with Crippen molar-refractivity contribution in [1.29, 1.82) is 0 Å². The normalized spacial score (nSPS) is 12.1. The van der Waals surface area contributed by atoms with Crippen molar-refractivity contribution in [3.63, 3.8) is 0 Å².